The fourth-order valence-corrected chi connectivity index (χ4v) is 2.16. The van der Waals surface area contributed by atoms with Crippen molar-refractivity contribution < 1.29 is 64.3 Å². The number of halogens is 4. The first kappa shape index (κ1) is 17.2. The topological polar surface area (TPSA) is 17.8 Å². The van der Waals surface area contributed by atoms with Crippen LogP contribution in [-0.4, -0.2) is 16.8 Å². The van der Waals surface area contributed by atoms with Gasteiger partial charge < -0.3 is 12.9 Å². The van der Waals surface area contributed by atoms with E-state index in [1.54, 1.807) is 6.92 Å². The maximum atomic E-state index is 12.4. The molecule has 0 bridgehead atoms. The molecule has 86 valence electrons. The number of aryl methyl sites for hydroxylation is 2. The van der Waals surface area contributed by atoms with Crippen molar-refractivity contribution in [2.75, 3.05) is 0 Å². The molecule has 0 saturated heterocycles. The monoisotopic (exact) mass is 322 g/mol. The maximum Gasteiger partial charge on any atom is 1.00 e. The fraction of sp³-hybridized carbons (Fsp3) is 0.625. The van der Waals surface area contributed by atoms with E-state index < -0.39 is 13.3 Å². The third-order valence-corrected chi connectivity index (χ3v) is 3.03. The Bertz CT molecular complexity index is 354. The van der Waals surface area contributed by atoms with Crippen molar-refractivity contribution in [1.82, 2.24) is 9.78 Å². The Morgan fingerprint density at radius 1 is 1.31 bits per heavy atom. The van der Waals surface area contributed by atoms with Crippen LogP contribution in [0.3, 0.4) is 0 Å². The molecule has 0 N–H and O–H groups in total. The summed E-state index contributed by atoms with van der Waals surface area (Å²) in [6.45, 7) is -0.699. The van der Waals surface area contributed by atoms with Gasteiger partial charge in [-0.25, -0.2) is 0 Å². The second kappa shape index (κ2) is 6.94. The van der Waals surface area contributed by atoms with Gasteiger partial charge in [0, 0.05) is 12.2 Å². The number of rotatable bonds is 4. The molecular weight excluding hydrogens is 311 g/mol. The smallest absolute Gasteiger partial charge is 0.449 e. The Labute approximate surface area is 144 Å². The van der Waals surface area contributed by atoms with Crippen molar-refractivity contribution in [1.29, 1.82) is 0 Å². The van der Waals surface area contributed by atoms with Crippen LogP contribution < -0.4 is 51.4 Å². The van der Waals surface area contributed by atoms with E-state index in [0.717, 1.165) is 0 Å². The Hall–Kier alpha value is 1.18. The van der Waals surface area contributed by atoms with Crippen LogP contribution in [0.5, 0.6) is 0 Å². The summed E-state index contributed by atoms with van der Waals surface area (Å²) in [6.07, 6.45) is -0.243. The van der Waals surface area contributed by atoms with Crippen LogP contribution in [0.1, 0.15) is 25.2 Å². The average Bonchev–Trinajstić information content (AvgIpc) is 2.42. The van der Waals surface area contributed by atoms with Crippen molar-refractivity contribution in [3.63, 3.8) is 0 Å². The summed E-state index contributed by atoms with van der Waals surface area (Å²) in [5.74, 6) is 0. The first-order valence-electron chi connectivity index (χ1n) is 4.84. The molecule has 0 unspecified atom stereocenters. The van der Waals surface area contributed by atoms with Crippen LogP contribution in [-0.2, 0) is 19.3 Å². The predicted octanol–water partition coefficient (Wildman–Crippen LogP) is 0.161. The van der Waals surface area contributed by atoms with Gasteiger partial charge in [-0.05, 0) is 35.6 Å². The third-order valence-electron chi connectivity index (χ3n) is 2.12. The van der Waals surface area contributed by atoms with Crippen molar-refractivity contribution >= 4 is 22.9 Å². The molecule has 0 aliphatic heterocycles. The maximum absolute atomic E-state index is 12.4. The summed E-state index contributed by atoms with van der Waals surface area (Å²) in [4.78, 5) is 0. The molecule has 0 atom stereocenters. The van der Waals surface area contributed by atoms with Gasteiger partial charge in [-0.1, -0.05) is 6.92 Å². The molecule has 1 rings (SSSR count). The number of hydrogen-bond acceptors (Lipinski definition) is 1. The molecule has 0 aliphatic carbocycles. The molecule has 0 radical (unpaired) electrons. The molecule has 0 aliphatic rings. The predicted molar refractivity (Wildman–Crippen MR) is 57.8 cm³/mol. The van der Waals surface area contributed by atoms with Crippen molar-refractivity contribution in [2.24, 2.45) is 0 Å². The van der Waals surface area contributed by atoms with E-state index in [1.165, 1.54) is 4.68 Å². The Balaban J connectivity index is 0.00000225. The van der Waals surface area contributed by atoms with Gasteiger partial charge in [-0.2, -0.15) is 5.10 Å². The Kier molecular flexibility index (Phi) is 7.45. The normalized spacial score (nSPS) is 11.4. The Morgan fingerprint density at radius 2 is 1.88 bits per heavy atom. The first-order valence-corrected chi connectivity index (χ1v) is 5.63. The number of nitrogens with zero attached hydrogens (tertiary/aromatic N) is 2. The molecule has 0 fully saturated rings. The van der Waals surface area contributed by atoms with Gasteiger partial charge >= 0.3 is 58.4 Å². The van der Waals surface area contributed by atoms with Gasteiger partial charge in [0.1, 0.15) is 0 Å². The zero-order chi connectivity index (χ0) is 11.6. The summed E-state index contributed by atoms with van der Waals surface area (Å²) in [7, 11) is 0. The molecule has 16 heavy (non-hydrogen) atoms. The zero-order valence-electron chi connectivity index (χ0n) is 9.60. The van der Waals surface area contributed by atoms with Crippen molar-refractivity contribution in [2.45, 2.75) is 33.1 Å². The van der Waals surface area contributed by atoms with Crippen LogP contribution in [0.2, 0.25) is 0 Å². The quantitative estimate of drug-likeness (QED) is 0.722. The minimum absolute atomic E-state index is 0. The van der Waals surface area contributed by atoms with Gasteiger partial charge in [-0.15, -0.1) is 0 Å². The molecule has 0 amide bonds. The van der Waals surface area contributed by atoms with Gasteiger partial charge in [0.15, 0.2) is 0 Å². The van der Waals surface area contributed by atoms with Gasteiger partial charge in [0.2, 0.25) is 0 Å². The molecular formula is C8H12BBrF3KN2. The van der Waals surface area contributed by atoms with E-state index in [4.69, 9.17) is 0 Å². The van der Waals surface area contributed by atoms with Crippen LogP contribution in [0.4, 0.5) is 12.9 Å². The minimum atomic E-state index is -4.81. The molecule has 1 aromatic heterocycles. The molecule has 0 saturated carbocycles. The first-order chi connectivity index (χ1) is 6.89. The Morgan fingerprint density at radius 3 is 2.25 bits per heavy atom. The SMILES string of the molecule is CCc1nn(CC)c(C[B-](F)(F)F)c1Br.[K+]. The van der Waals surface area contributed by atoms with Crippen molar-refractivity contribution in [3.8, 4) is 0 Å². The summed E-state index contributed by atoms with van der Waals surface area (Å²) in [5.41, 5.74) is 0.925. The largest absolute Gasteiger partial charge is 1.00 e. The number of hydrogen-bond donors (Lipinski definition) is 0. The van der Waals surface area contributed by atoms with E-state index in [-0.39, 0.29) is 57.1 Å². The molecule has 1 aromatic rings. The van der Waals surface area contributed by atoms with Gasteiger partial charge in [-0.3, -0.25) is 4.68 Å². The summed E-state index contributed by atoms with van der Waals surface area (Å²) >= 11 is 3.18. The van der Waals surface area contributed by atoms with E-state index in [1.807, 2.05) is 6.92 Å². The standard InChI is InChI=1S/C8H12BBrF3N2.K/c1-3-6-8(10)7(5-9(11,12)13)15(4-2)14-6;/h3-5H2,1-2H3;/q-1;+1. The van der Waals surface area contributed by atoms with Crippen LogP contribution in [0.15, 0.2) is 4.47 Å². The van der Waals surface area contributed by atoms with Crippen LogP contribution in [0.25, 0.3) is 0 Å². The second-order valence-electron chi connectivity index (χ2n) is 3.29. The third kappa shape index (κ3) is 4.45. The van der Waals surface area contributed by atoms with Crippen molar-refractivity contribution in [3.05, 3.63) is 15.9 Å². The summed E-state index contributed by atoms with van der Waals surface area (Å²) in [5, 5.41) is 4.11. The van der Waals surface area contributed by atoms with E-state index >= 15 is 0 Å². The molecule has 8 heteroatoms. The molecule has 1 heterocycles. The minimum Gasteiger partial charge on any atom is -0.449 e. The molecule has 2 nitrogen and oxygen atoms in total. The second-order valence-corrected chi connectivity index (χ2v) is 4.08. The summed E-state index contributed by atoms with van der Waals surface area (Å²) < 4.78 is 39.0. The number of aromatic nitrogens is 2. The van der Waals surface area contributed by atoms with Crippen LogP contribution >= 0.6 is 15.9 Å². The van der Waals surface area contributed by atoms with E-state index in [2.05, 4.69) is 21.0 Å². The van der Waals surface area contributed by atoms with Gasteiger partial charge in [0.05, 0.1) is 10.2 Å². The average molecular weight is 323 g/mol. The molecule has 0 aromatic carbocycles. The van der Waals surface area contributed by atoms with E-state index in [0.29, 0.717) is 23.1 Å². The fourth-order valence-electron chi connectivity index (χ4n) is 1.43. The zero-order valence-corrected chi connectivity index (χ0v) is 14.3. The van der Waals surface area contributed by atoms with Gasteiger partial charge in [0.25, 0.3) is 0 Å². The molecule has 0 spiro atoms. The van der Waals surface area contributed by atoms with E-state index in [9.17, 15) is 12.9 Å². The summed E-state index contributed by atoms with van der Waals surface area (Å²) in [6, 6.07) is 0. The van der Waals surface area contributed by atoms with Crippen LogP contribution in [0, 0.1) is 0 Å².